The third-order valence-corrected chi connectivity index (χ3v) is 4.98. The van der Waals surface area contributed by atoms with Gasteiger partial charge in [-0.1, -0.05) is 29.5 Å². The van der Waals surface area contributed by atoms with E-state index in [9.17, 15) is 19.8 Å². The van der Waals surface area contributed by atoms with Crippen LogP contribution in [-0.2, 0) is 16.0 Å². The Kier molecular flexibility index (Phi) is 8.14. The van der Waals surface area contributed by atoms with E-state index in [2.05, 4.69) is 31.0 Å². The third kappa shape index (κ3) is 6.07. The first-order chi connectivity index (χ1) is 16.0. The molecular weight excluding hydrogens is 464 g/mol. The number of fused-ring (bicyclic) bond motifs is 1. The number of nitrogens with zero attached hydrogens (tertiary/aromatic N) is 4. The minimum absolute atomic E-state index is 0. The van der Waals surface area contributed by atoms with Crippen molar-refractivity contribution in [1.82, 2.24) is 20.8 Å². The summed E-state index contributed by atoms with van der Waals surface area (Å²) in [5, 5.41) is 36.5. The van der Waals surface area contributed by atoms with Crippen molar-refractivity contribution in [2.45, 2.75) is 19.3 Å². The Hall–Kier alpha value is -3.99. The number of phenols is 2. The van der Waals surface area contributed by atoms with Crippen molar-refractivity contribution in [1.29, 1.82) is 0 Å². The number of nitrogens with one attached hydrogen (secondary N) is 2. The van der Waals surface area contributed by atoms with Crippen LogP contribution in [0, 0.1) is 5.92 Å². The second-order valence-corrected chi connectivity index (χ2v) is 7.44. The molecule has 1 aromatic heterocycles. The van der Waals surface area contributed by atoms with Crippen LogP contribution in [0.1, 0.15) is 18.7 Å². The van der Waals surface area contributed by atoms with Crippen LogP contribution >= 0.6 is 12.4 Å². The number of hydrogen-bond donors (Lipinski definition) is 4. The van der Waals surface area contributed by atoms with E-state index < -0.39 is 5.92 Å². The zero-order valence-corrected chi connectivity index (χ0v) is 18.8. The zero-order chi connectivity index (χ0) is 23.2. The first-order valence-corrected chi connectivity index (χ1v) is 10.4. The van der Waals surface area contributed by atoms with Crippen molar-refractivity contribution in [3.05, 3.63) is 59.8 Å². The fourth-order valence-electron chi connectivity index (χ4n) is 3.37. The molecule has 0 fully saturated rings. The maximum Gasteiger partial charge on any atom is 0.276 e. The lowest BCUT2D eigenvalue weighted by Crippen LogP contribution is -2.28. The summed E-state index contributed by atoms with van der Waals surface area (Å²) in [6, 6.07) is 4.00. The van der Waals surface area contributed by atoms with E-state index in [1.807, 2.05) is 18.2 Å². The second-order valence-electron chi connectivity index (χ2n) is 7.44. The number of aromatic nitrogens is 2. The van der Waals surface area contributed by atoms with Crippen LogP contribution in [0.3, 0.4) is 0 Å². The number of allylic oxidation sites excluding steroid dienone is 3. The lowest BCUT2D eigenvalue weighted by atomic mass is 9.93. The smallest absolute Gasteiger partial charge is 0.276 e. The first-order valence-electron chi connectivity index (χ1n) is 10.4. The molecule has 178 valence electrons. The molecule has 2 heterocycles. The summed E-state index contributed by atoms with van der Waals surface area (Å²) in [7, 11) is 0. The average Bonchev–Trinajstić information content (AvgIpc) is 3.28. The maximum absolute atomic E-state index is 12.1. The topological polar surface area (TPSA) is 162 Å². The number of hydrogen-bond acceptors (Lipinski definition) is 9. The molecule has 4 N–H and O–H groups in total. The molecular formula is C22H23ClN6O5. The first kappa shape index (κ1) is 24.6. The van der Waals surface area contributed by atoms with Crippen molar-refractivity contribution >= 4 is 24.2 Å². The molecule has 1 aliphatic heterocycles. The number of carbonyl (C=O) groups is 2. The number of azo groups is 1. The van der Waals surface area contributed by atoms with Gasteiger partial charge in [-0.25, -0.2) is 0 Å². The number of phenolic OH excluding ortho intramolecular Hbond substituents is 2. The van der Waals surface area contributed by atoms with Crippen LogP contribution in [0.4, 0.5) is 0 Å². The van der Waals surface area contributed by atoms with Gasteiger partial charge >= 0.3 is 0 Å². The maximum atomic E-state index is 12.1. The predicted molar refractivity (Wildman–Crippen MR) is 123 cm³/mol. The highest BCUT2D eigenvalue weighted by Crippen LogP contribution is 2.28. The highest BCUT2D eigenvalue weighted by Gasteiger charge is 2.26. The number of benzene rings is 1. The van der Waals surface area contributed by atoms with Crippen LogP contribution in [0.15, 0.2) is 68.6 Å². The molecule has 2 amide bonds. The summed E-state index contributed by atoms with van der Waals surface area (Å²) in [5.74, 6) is -0.00300. The Labute approximate surface area is 200 Å². The lowest BCUT2D eigenvalue weighted by molar-refractivity contribution is -0.121. The number of aromatic hydroxyl groups is 2. The van der Waals surface area contributed by atoms with Crippen molar-refractivity contribution in [3.8, 4) is 22.9 Å². The van der Waals surface area contributed by atoms with E-state index in [1.54, 1.807) is 6.08 Å². The zero-order valence-electron chi connectivity index (χ0n) is 18.0. The van der Waals surface area contributed by atoms with E-state index in [1.165, 1.54) is 18.2 Å². The van der Waals surface area contributed by atoms with Gasteiger partial charge in [-0.05, 0) is 18.6 Å². The van der Waals surface area contributed by atoms with Gasteiger partial charge in [0.05, 0.1) is 5.92 Å². The van der Waals surface area contributed by atoms with E-state index >= 15 is 0 Å². The molecule has 0 spiro atoms. The fourth-order valence-corrected chi connectivity index (χ4v) is 3.37. The Morgan fingerprint density at radius 3 is 2.68 bits per heavy atom. The van der Waals surface area contributed by atoms with Gasteiger partial charge in [0.15, 0.2) is 5.82 Å². The van der Waals surface area contributed by atoms with Gasteiger partial charge in [-0.15, -0.1) is 22.6 Å². The Bertz CT molecular complexity index is 1170. The molecule has 1 aromatic carbocycles. The van der Waals surface area contributed by atoms with Gasteiger partial charge in [-0.3, -0.25) is 9.59 Å². The van der Waals surface area contributed by atoms with Gasteiger partial charge in [0.1, 0.15) is 11.5 Å². The van der Waals surface area contributed by atoms with Crippen LogP contribution < -0.4 is 10.6 Å². The normalized spacial score (nSPS) is 16.2. The number of aryl methyl sites for hydroxylation is 1. The van der Waals surface area contributed by atoms with Gasteiger partial charge in [0, 0.05) is 43.1 Å². The molecule has 0 bridgehead atoms. The number of amides is 2. The molecule has 1 atom stereocenters. The van der Waals surface area contributed by atoms with Crippen molar-refractivity contribution in [3.63, 3.8) is 0 Å². The van der Waals surface area contributed by atoms with Crippen molar-refractivity contribution < 1.29 is 24.3 Å². The van der Waals surface area contributed by atoms with E-state index in [4.69, 9.17) is 4.52 Å². The van der Waals surface area contributed by atoms with Crippen LogP contribution in [0.2, 0.25) is 0 Å². The largest absolute Gasteiger partial charge is 0.508 e. The lowest BCUT2D eigenvalue weighted by Gasteiger charge is -2.20. The summed E-state index contributed by atoms with van der Waals surface area (Å²) >= 11 is 0. The van der Waals surface area contributed by atoms with Crippen molar-refractivity contribution in [2.24, 2.45) is 16.1 Å². The van der Waals surface area contributed by atoms with Gasteiger partial charge in [-0.2, -0.15) is 4.98 Å². The second kappa shape index (κ2) is 11.2. The number of halogens is 1. The summed E-state index contributed by atoms with van der Waals surface area (Å²) in [5.41, 5.74) is 1.20. The molecule has 11 nitrogen and oxygen atoms in total. The summed E-state index contributed by atoms with van der Waals surface area (Å²) in [6.07, 6.45) is 8.38. The Morgan fingerprint density at radius 2 is 1.88 bits per heavy atom. The van der Waals surface area contributed by atoms with Gasteiger partial charge < -0.3 is 25.4 Å². The minimum atomic E-state index is -0.391. The average molecular weight is 487 g/mol. The SMILES string of the molecule is Cl.O=C(CCc1nc(-c2cc(O)cc(O)c2)no1)NCCCNC1=C2C=CC=CC2C(=O)N=N1. The minimum Gasteiger partial charge on any atom is -0.508 e. The Morgan fingerprint density at radius 1 is 1.09 bits per heavy atom. The van der Waals surface area contributed by atoms with Gasteiger partial charge in [0.25, 0.3) is 5.91 Å². The third-order valence-electron chi connectivity index (χ3n) is 4.98. The molecule has 0 radical (unpaired) electrons. The quantitative estimate of drug-likeness (QED) is 0.393. The highest BCUT2D eigenvalue weighted by atomic mass is 35.5. The molecule has 0 saturated carbocycles. The fraction of sp³-hybridized carbons (Fsp3) is 0.273. The summed E-state index contributed by atoms with van der Waals surface area (Å²) < 4.78 is 5.14. The molecule has 1 aliphatic carbocycles. The number of carbonyl (C=O) groups excluding carboxylic acids is 2. The molecule has 0 saturated heterocycles. The van der Waals surface area contributed by atoms with E-state index in [0.29, 0.717) is 30.9 Å². The van der Waals surface area contributed by atoms with Crippen LogP contribution in [0.25, 0.3) is 11.4 Å². The monoisotopic (exact) mass is 486 g/mol. The number of rotatable bonds is 9. The van der Waals surface area contributed by atoms with E-state index in [-0.39, 0.29) is 60.3 Å². The molecule has 1 unspecified atom stereocenters. The summed E-state index contributed by atoms with van der Waals surface area (Å²) in [4.78, 5) is 28.1. The standard InChI is InChI=1S/C22H22N6O5.ClH/c29-14-10-13(11-15(30)12-14)20-25-19(33-28-20)7-6-18(31)23-8-3-9-24-21-16-4-1-2-5-17(16)22(32)27-26-21;/h1-2,4-5,10-12,17,24,29-30H,3,6-9H2,(H,23,31);1H. The molecule has 2 aliphatic rings. The van der Waals surface area contributed by atoms with Crippen LogP contribution in [0.5, 0.6) is 11.5 Å². The highest BCUT2D eigenvalue weighted by molar-refractivity contribution is 5.86. The predicted octanol–water partition coefficient (Wildman–Crippen LogP) is 2.54. The van der Waals surface area contributed by atoms with Crippen LogP contribution in [-0.4, -0.2) is 45.3 Å². The molecule has 12 heteroatoms. The van der Waals surface area contributed by atoms with E-state index in [0.717, 1.165) is 5.57 Å². The molecule has 4 rings (SSSR count). The molecule has 2 aromatic rings. The molecule has 34 heavy (non-hydrogen) atoms. The Balaban J connectivity index is 0.00000324. The van der Waals surface area contributed by atoms with Crippen molar-refractivity contribution in [2.75, 3.05) is 13.1 Å². The summed E-state index contributed by atoms with van der Waals surface area (Å²) in [6.45, 7) is 1.02. The van der Waals surface area contributed by atoms with Gasteiger partial charge in [0.2, 0.25) is 17.6 Å².